The van der Waals surface area contributed by atoms with Crippen molar-refractivity contribution in [3.05, 3.63) is 40.7 Å². The Kier molecular flexibility index (Phi) is 4.44. The highest BCUT2D eigenvalue weighted by molar-refractivity contribution is 5.36. The summed E-state index contributed by atoms with van der Waals surface area (Å²) < 4.78 is 5.52. The van der Waals surface area contributed by atoms with Crippen LogP contribution in [0.2, 0.25) is 0 Å². The Balaban J connectivity index is 1.86. The van der Waals surface area contributed by atoms with Crippen LogP contribution in [-0.4, -0.2) is 32.5 Å². The molecule has 2 aromatic rings. The first kappa shape index (κ1) is 14.4. The summed E-state index contributed by atoms with van der Waals surface area (Å²) in [5.74, 6) is 1.04. The number of nitro benzene ring substituents is 1. The van der Waals surface area contributed by atoms with Crippen molar-refractivity contribution in [3.8, 4) is 5.75 Å². The van der Waals surface area contributed by atoms with Crippen LogP contribution in [0.5, 0.6) is 5.75 Å². The predicted molar refractivity (Wildman–Crippen MR) is 75.9 cm³/mol. The van der Waals surface area contributed by atoms with E-state index in [0.717, 1.165) is 0 Å². The monoisotopic (exact) mass is 290 g/mol. The molecule has 0 fully saturated rings. The van der Waals surface area contributed by atoms with Crippen molar-refractivity contribution in [1.82, 2.24) is 15.0 Å². The maximum Gasteiger partial charge on any atom is 0.269 e. The van der Waals surface area contributed by atoms with Gasteiger partial charge in [0.1, 0.15) is 18.7 Å². The second kappa shape index (κ2) is 6.46. The number of nitro groups is 1. The first-order chi connectivity index (χ1) is 10.0. The number of nitrogens with one attached hydrogen (secondary N) is 1. The van der Waals surface area contributed by atoms with Crippen LogP contribution in [0.1, 0.15) is 6.92 Å². The van der Waals surface area contributed by atoms with Gasteiger partial charge in [-0.15, -0.1) is 0 Å². The van der Waals surface area contributed by atoms with Crippen LogP contribution in [0, 0.1) is 10.1 Å². The third kappa shape index (κ3) is 4.27. The molecule has 0 amide bonds. The van der Waals surface area contributed by atoms with Gasteiger partial charge in [-0.25, -0.2) is 9.97 Å². The van der Waals surface area contributed by atoms with Crippen molar-refractivity contribution >= 4 is 17.6 Å². The molecule has 0 saturated carbocycles. The number of hydrogen-bond acceptors (Lipinski definition) is 8. The first-order valence-corrected chi connectivity index (χ1v) is 6.13. The van der Waals surface area contributed by atoms with Gasteiger partial charge in [-0.05, 0) is 19.1 Å². The van der Waals surface area contributed by atoms with E-state index < -0.39 is 4.92 Å². The van der Waals surface area contributed by atoms with E-state index in [4.69, 9.17) is 10.5 Å². The van der Waals surface area contributed by atoms with Gasteiger partial charge in [-0.1, -0.05) is 0 Å². The topological polar surface area (TPSA) is 129 Å². The smallest absolute Gasteiger partial charge is 0.269 e. The maximum absolute atomic E-state index is 10.5. The molecule has 110 valence electrons. The van der Waals surface area contributed by atoms with Gasteiger partial charge in [-0.3, -0.25) is 10.1 Å². The quantitative estimate of drug-likeness (QED) is 0.600. The molecular weight excluding hydrogens is 276 g/mol. The van der Waals surface area contributed by atoms with E-state index in [1.807, 2.05) is 6.92 Å². The van der Waals surface area contributed by atoms with Crippen LogP contribution in [0.25, 0.3) is 0 Å². The Hall–Kier alpha value is -2.97. The second-order valence-corrected chi connectivity index (χ2v) is 4.27. The van der Waals surface area contributed by atoms with E-state index in [1.165, 1.54) is 18.5 Å². The highest BCUT2D eigenvalue weighted by Crippen LogP contribution is 2.17. The number of rotatable bonds is 6. The van der Waals surface area contributed by atoms with Crippen molar-refractivity contribution in [1.29, 1.82) is 0 Å². The largest absolute Gasteiger partial charge is 0.491 e. The fourth-order valence-corrected chi connectivity index (χ4v) is 1.53. The lowest BCUT2D eigenvalue weighted by molar-refractivity contribution is -0.384. The molecule has 9 heteroatoms. The zero-order valence-electron chi connectivity index (χ0n) is 11.3. The van der Waals surface area contributed by atoms with Gasteiger partial charge in [0.15, 0.2) is 0 Å². The number of nitrogens with two attached hydrogens (primary N) is 1. The van der Waals surface area contributed by atoms with Gasteiger partial charge in [0.05, 0.1) is 11.0 Å². The van der Waals surface area contributed by atoms with E-state index in [9.17, 15) is 10.1 Å². The number of nitrogen functional groups attached to an aromatic ring is 1. The summed E-state index contributed by atoms with van der Waals surface area (Å²) in [4.78, 5) is 21.6. The maximum atomic E-state index is 10.5. The Morgan fingerprint density at radius 1 is 1.38 bits per heavy atom. The van der Waals surface area contributed by atoms with E-state index in [-0.39, 0.29) is 17.7 Å². The number of hydrogen-bond donors (Lipinski definition) is 2. The Bertz CT molecular complexity index is 619. The van der Waals surface area contributed by atoms with Crippen LogP contribution >= 0.6 is 0 Å². The van der Waals surface area contributed by atoms with Gasteiger partial charge in [0.2, 0.25) is 11.9 Å². The summed E-state index contributed by atoms with van der Waals surface area (Å²) in [5, 5.41) is 13.5. The van der Waals surface area contributed by atoms with Crippen molar-refractivity contribution in [2.45, 2.75) is 13.0 Å². The fourth-order valence-electron chi connectivity index (χ4n) is 1.53. The van der Waals surface area contributed by atoms with Crippen molar-refractivity contribution < 1.29 is 9.66 Å². The van der Waals surface area contributed by atoms with Crippen LogP contribution in [0.4, 0.5) is 17.6 Å². The second-order valence-electron chi connectivity index (χ2n) is 4.27. The van der Waals surface area contributed by atoms with Crippen LogP contribution < -0.4 is 15.8 Å². The minimum absolute atomic E-state index is 0.0224. The third-order valence-corrected chi connectivity index (χ3v) is 2.51. The van der Waals surface area contributed by atoms with Crippen molar-refractivity contribution in [2.75, 3.05) is 17.7 Å². The van der Waals surface area contributed by atoms with E-state index in [0.29, 0.717) is 18.3 Å². The molecule has 0 aliphatic rings. The summed E-state index contributed by atoms with van der Waals surface area (Å²) in [5.41, 5.74) is 5.47. The molecule has 1 heterocycles. The molecule has 1 aromatic carbocycles. The lowest BCUT2D eigenvalue weighted by Crippen LogP contribution is -2.24. The standard InChI is InChI=1S/C12H14N6O3/c1-8(16-12-15-7-14-11(13)17-12)6-21-10-4-2-9(3-5-10)18(19)20/h2-5,7-8H,6H2,1H3,(H3,13,14,15,16,17). The lowest BCUT2D eigenvalue weighted by Gasteiger charge is -2.14. The first-order valence-electron chi connectivity index (χ1n) is 6.13. The Labute approximate surface area is 120 Å². The number of nitrogens with zero attached hydrogens (tertiary/aromatic N) is 4. The summed E-state index contributed by atoms with van der Waals surface area (Å²) in [6.45, 7) is 2.22. The molecule has 0 saturated heterocycles. The molecule has 0 spiro atoms. The average molecular weight is 290 g/mol. The number of non-ortho nitro benzene ring substituents is 1. The van der Waals surface area contributed by atoms with Crippen molar-refractivity contribution in [2.24, 2.45) is 0 Å². The van der Waals surface area contributed by atoms with Crippen molar-refractivity contribution in [3.63, 3.8) is 0 Å². The highest BCUT2D eigenvalue weighted by Gasteiger charge is 2.08. The Morgan fingerprint density at radius 3 is 2.71 bits per heavy atom. The number of benzene rings is 1. The molecule has 1 aromatic heterocycles. The normalized spacial score (nSPS) is 11.7. The highest BCUT2D eigenvalue weighted by atomic mass is 16.6. The summed E-state index contributed by atoms with van der Waals surface area (Å²) in [6, 6.07) is 5.79. The lowest BCUT2D eigenvalue weighted by atomic mass is 10.3. The molecule has 0 aliphatic carbocycles. The SMILES string of the molecule is CC(COc1ccc([N+](=O)[O-])cc1)Nc1ncnc(N)n1. The fraction of sp³-hybridized carbons (Fsp3) is 0.250. The zero-order chi connectivity index (χ0) is 15.2. The minimum Gasteiger partial charge on any atom is -0.491 e. The molecule has 2 rings (SSSR count). The van der Waals surface area contributed by atoms with Gasteiger partial charge in [0, 0.05) is 12.1 Å². The van der Waals surface area contributed by atoms with Gasteiger partial charge < -0.3 is 15.8 Å². The molecule has 0 bridgehead atoms. The van der Waals surface area contributed by atoms with Gasteiger partial charge >= 0.3 is 0 Å². The molecule has 0 radical (unpaired) electrons. The Morgan fingerprint density at radius 2 is 2.10 bits per heavy atom. The number of ether oxygens (including phenoxy) is 1. The van der Waals surface area contributed by atoms with Crippen LogP contribution in [-0.2, 0) is 0 Å². The molecular formula is C12H14N6O3. The van der Waals surface area contributed by atoms with E-state index in [2.05, 4.69) is 20.3 Å². The van der Waals surface area contributed by atoms with E-state index >= 15 is 0 Å². The zero-order valence-corrected chi connectivity index (χ0v) is 11.3. The van der Waals surface area contributed by atoms with Gasteiger partial charge in [-0.2, -0.15) is 4.98 Å². The number of aromatic nitrogens is 3. The van der Waals surface area contributed by atoms with Gasteiger partial charge in [0.25, 0.3) is 5.69 Å². The number of anilines is 2. The van der Waals surface area contributed by atoms with Crippen LogP contribution in [0.3, 0.4) is 0 Å². The minimum atomic E-state index is -0.459. The summed E-state index contributed by atoms with van der Waals surface area (Å²) in [6.07, 6.45) is 1.31. The summed E-state index contributed by atoms with van der Waals surface area (Å²) in [7, 11) is 0. The molecule has 0 aliphatic heterocycles. The molecule has 3 N–H and O–H groups in total. The molecule has 21 heavy (non-hydrogen) atoms. The average Bonchev–Trinajstić information content (AvgIpc) is 2.45. The van der Waals surface area contributed by atoms with Crippen LogP contribution in [0.15, 0.2) is 30.6 Å². The summed E-state index contributed by atoms with van der Waals surface area (Å²) >= 11 is 0. The molecule has 1 unspecified atom stereocenters. The molecule has 9 nitrogen and oxygen atoms in total. The van der Waals surface area contributed by atoms with E-state index in [1.54, 1.807) is 12.1 Å². The molecule has 1 atom stereocenters. The third-order valence-electron chi connectivity index (χ3n) is 2.51. The predicted octanol–water partition coefficient (Wildman–Crippen LogP) is 1.24.